The Kier molecular flexibility index (Phi) is 3.03. The molecule has 1 aromatic rings. The zero-order valence-electron chi connectivity index (χ0n) is 8.38. The zero-order chi connectivity index (χ0) is 10.9. The van der Waals surface area contributed by atoms with Gasteiger partial charge in [-0.05, 0) is 6.07 Å². The second kappa shape index (κ2) is 4.15. The molecule has 1 aliphatic heterocycles. The molecule has 7 heteroatoms. The minimum Gasteiger partial charge on any atom is -0.266 e. The number of hydrogen-bond donors (Lipinski definition) is 1. The number of hydrogen-bond acceptors (Lipinski definition) is 4. The van der Waals surface area contributed by atoms with Gasteiger partial charge in [0.05, 0.1) is 6.20 Å². The molecule has 0 aromatic carbocycles. The fraction of sp³-hybridized carbons (Fsp3) is 0.625. The van der Waals surface area contributed by atoms with Gasteiger partial charge in [0.15, 0.2) is 5.03 Å². The van der Waals surface area contributed by atoms with E-state index in [9.17, 15) is 8.42 Å². The Morgan fingerprint density at radius 3 is 3.07 bits per heavy atom. The van der Waals surface area contributed by atoms with E-state index in [0.717, 1.165) is 5.75 Å². The van der Waals surface area contributed by atoms with Gasteiger partial charge in [0.25, 0.3) is 10.0 Å². The largest absolute Gasteiger partial charge is 0.266 e. The lowest BCUT2D eigenvalue weighted by atomic mass is 10.4. The summed E-state index contributed by atoms with van der Waals surface area (Å²) in [4.78, 5) is 0. The number of H-pyrrole nitrogens is 1. The van der Waals surface area contributed by atoms with E-state index >= 15 is 0 Å². The Morgan fingerprint density at radius 2 is 2.47 bits per heavy atom. The van der Waals surface area contributed by atoms with Gasteiger partial charge in [-0.15, -0.1) is 0 Å². The highest BCUT2D eigenvalue weighted by Gasteiger charge is 2.29. The van der Waals surface area contributed by atoms with Gasteiger partial charge in [-0.3, -0.25) is 5.10 Å². The zero-order valence-corrected chi connectivity index (χ0v) is 10.0. The third kappa shape index (κ3) is 2.19. The smallest absolute Gasteiger partial charge is 0.260 e. The lowest BCUT2D eigenvalue weighted by molar-refractivity contribution is 0.422. The molecular weight excluding hydrogens is 234 g/mol. The monoisotopic (exact) mass is 247 g/mol. The number of rotatable bonds is 2. The highest BCUT2D eigenvalue weighted by molar-refractivity contribution is 8.00. The van der Waals surface area contributed by atoms with Crippen LogP contribution in [0.2, 0.25) is 0 Å². The van der Waals surface area contributed by atoms with Crippen LogP contribution in [-0.2, 0) is 10.0 Å². The molecule has 1 aromatic heterocycles. The minimum atomic E-state index is -3.35. The normalized spacial score (nSPS) is 24.2. The number of aromatic nitrogens is 2. The van der Waals surface area contributed by atoms with Crippen LogP contribution in [0.4, 0.5) is 0 Å². The quantitative estimate of drug-likeness (QED) is 0.828. The summed E-state index contributed by atoms with van der Waals surface area (Å²) in [5.41, 5.74) is 0. The molecule has 0 radical (unpaired) electrons. The fourth-order valence-electron chi connectivity index (χ4n) is 1.53. The topological polar surface area (TPSA) is 66.1 Å². The molecule has 0 amide bonds. The van der Waals surface area contributed by atoms with E-state index in [1.807, 2.05) is 6.92 Å². The van der Waals surface area contributed by atoms with Crippen LogP contribution in [0.3, 0.4) is 0 Å². The Hall–Kier alpha value is -0.530. The molecule has 1 saturated heterocycles. The molecule has 1 N–H and O–H groups in total. The third-order valence-electron chi connectivity index (χ3n) is 2.30. The lowest BCUT2D eigenvalue weighted by Gasteiger charge is -2.28. The van der Waals surface area contributed by atoms with Crippen LogP contribution in [-0.4, -0.2) is 47.0 Å². The van der Waals surface area contributed by atoms with E-state index in [1.165, 1.54) is 16.6 Å². The predicted octanol–water partition coefficient (Wildman–Crippen LogP) is 0.536. The van der Waals surface area contributed by atoms with Gasteiger partial charge in [-0.25, -0.2) is 8.42 Å². The fourth-order valence-corrected chi connectivity index (χ4v) is 4.18. The Balaban J connectivity index is 2.22. The Labute approximate surface area is 93.3 Å². The van der Waals surface area contributed by atoms with Gasteiger partial charge in [-0.2, -0.15) is 21.2 Å². The number of sulfonamides is 1. The SMILES string of the molecule is CC1CN(S(=O)(=O)c2ccn[nH]2)CCS1. The molecular formula is C8H13N3O2S2. The summed E-state index contributed by atoms with van der Waals surface area (Å²) in [5.74, 6) is 0.856. The van der Waals surface area contributed by atoms with Crippen molar-refractivity contribution in [2.75, 3.05) is 18.8 Å². The maximum Gasteiger partial charge on any atom is 0.260 e. The molecule has 1 aliphatic rings. The predicted molar refractivity (Wildman–Crippen MR) is 59.3 cm³/mol. The van der Waals surface area contributed by atoms with Crippen LogP contribution >= 0.6 is 11.8 Å². The molecule has 2 rings (SSSR count). The molecule has 2 heterocycles. The average molecular weight is 247 g/mol. The minimum absolute atomic E-state index is 0.182. The van der Waals surface area contributed by atoms with Crippen LogP contribution in [0, 0.1) is 0 Å². The molecule has 5 nitrogen and oxygen atoms in total. The third-order valence-corrected chi connectivity index (χ3v) is 5.23. The van der Waals surface area contributed by atoms with Crippen LogP contribution in [0.5, 0.6) is 0 Å². The van der Waals surface area contributed by atoms with Crippen molar-refractivity contribution in [2.24, 2.45) is 0 Å². The Morgan fingerprint density at radius 1 is 1.67 bits per heavy atom. The van der Waals surface area contributed by atoms with E-state index in [4.69, 9.17) is 0 Å². The molecule has 0 saturated carbocycles. The summed E-state index contributed by atoms with van der Waals surface area (Å²) in [6.45, 7) is 3.20. The van der Waals surface area contributed by atoms with Crippen molar-refractivity contribution < 1.29 is 8.42 Å². The molecule has 15 heavy (non-hydrogen) atoms. The van der Waals surface area contributed by atoms with Crippen molar-refractivity contribution in [2.45, 2.75) is 17.2 Å². The lowest BCUT2D eigenvalue weighted by Crippen LogP contribution is -2.41. The second-order valence-corrected chi connectivity index (χ2v) is 6.92. The van der Waals surface area contributed by atoms with Gasteiger partial charge >= 0.3 is 0 Å². The van der Waals surface area contributed by atoms with E-state index in [2.05, 4.69) is 10.2 Å². The standard InChI is InChI=1S/C8H13N3O2S2/c1-7-6-11(4-5-14-7)15(12,13)8-2-3-9-10-8/h2-3,7H,4-6H2,1H3,(H,9,10). The molecule has 84 valence electrons. The van der Waals surface area contributed by atoms with Gasteiger partial charge in [-0.1, -0.05) is 6.92 Å². The number of nitrogens with one attached hydrogen (secondary N) is 1. The summed E-state index contributed by atoms with van der Waals surface area (Å²) in [7, 11) is -3.35. The first-order valence-corrected chi connectivity index (χ1v) is 7.21. The van der Waals surface area contributed by atoms with Crippen molar-refractivity contribution in [3.8, 4) is 0 Å². The van der Waals surface area contributed by atoms with Crippen LogP contribution < -0.4 is 0 Å². The Bertz CT molecular complexity index is 415. The van der Waals surface area contributed by atoms with Crippen molar-refractivity contribution in [3.05, 3.63) is 12.3 Å². The van der Waals surface area contributed by atoms with Crippen LogP contribution in [0.25, 0.3) is 0 Å². The van der Waals surface area contributed by atoms with Gasteiger partial charge < -0.3 is 0 Å². The maximum absolute atomic E-state index is 12.0. The molecule has 0 spiro atoms. The van der Waals surface area contributed by atoms with Crippen LogP contribution in [0.1, 0.15) is 6.92 Å². The summed E-state index contributed by atoms with van der Waals surface area (Å²) in [5, 5.41) is 6.71. The van der Waals surface area contributed by atoms with Crippen molar-refractivity contribution >= 4 is 21.8 Å². The van der Waals surface area contributed by atoms with Crippen molar-refractivity contribution in [1.29, 1.82) is 0 Å². The maximum atomic E-state index is 12.0. The van der Waals surface area contributed by atoms with Crippen molar-refractivity contribution in [3.63, 3.8) is 0 Å². The van der Waals surface area contributed by atoms with Gasteiger partial charge in [0.2, 0.25) is 0 Å². The second-order valence-electron chi connectivity index (χ2n) is 3.47. The summed E-state index contributed by atoms with van der Waals surface area (Å²) < 4.78 is 25.6. The molecule has 1 atom stereocenters. The van der Waals surface area contributed by atoms with E-state index in [-0.39, 0.29) is 5.03 Å². The highest BCUT2D eigenvalue weighted by atomic mass is 32.2. The molecule has 1 unspecified atom stereocenters. The first kappa shape index (κ1) is 11.0. The van der Waals surface area contributed by atoms with Crippen molar-refractivity contribution in [1.82, 2.24) is 14.5 Å². The first-order valence-electron chi connectivity index (χ1n) is 4.72. The van der Waals surface area contributed by atoms with Gasteiger partial charge in [0, 0.05) is 24.1 Å². The highest BCUT2D eigenvalue weighted by Crippen LogP contribution is 2.22. The number of nitrogens with zero attached hydrogens (tertiary/aromatic N) is 2. The number of thioether (sulfide) groups is 1. The molecule has 1 fully saturated rings. The average Bonchev–Trinajstić information content (AvgIpc) is 2.71. The molecule has 0 aliphatic carbocycles. The van der Waals surface area contributed by atoms with Crippen LogP contribution in [0.15, 0.2) is 17.3 Å². The van der Waals surface area contributed by atoms with E-state index in [0.29, 0.717) is 18.3 Å². The summed E-state index contributed by atoms with van der Waals surface area (Å²) in [6, 6.07) is 1.49. The first-order chi connectivity index (χ1) is 7.10. The molecule has 0 bridgehead atoms. The van der Waals surface area contributed by atoms with Gasteiger partial charge in [0.1, 0.15) is 0 Å². The van der Waals surface area contributed by atoms with E-state index in [1.54, 1.807) is 11.8 Å². The van der Waals surface area contributed by atoms with E-state index < -0.39 is 10.0 Å². The number of aromatic amines is 1. The summed E-state index contributed by atoms with van der Waals surface area (Å²) in [6.07, 6.45) is 1.45. The summed E-state index contributed by atoms with van der Waals surface area (Å²) >= 11 is 1.80.